The molecule has 2 fully saturated rings. The van der Waals surface area contributed by atoms with Crippen molar-refractivity contribution in [2.45, 2.75) is 0 Å². The smallest absolute Gasteiger partial charge is 1.00 e. The van der Waals surface area contributed by atoms with Gasteiger partial charge in [0.05, 0.1) is 26.4 Å². The van der Waals surface area contributed by atoms with Crippen molar-refractivity contribution in [3.05, 3.63) is 0 Å². The van der Waals surface area contributed by atoms with Gasteiger partial charge >= 0.3 is 23.1 Å². The van der Waals surface area contributed by atoms with Crippen LogP contribution in [0.25, 0.3) is 0 Å². The van der Waals surface area contributed by atoms with Crippen molar-refractivity contribution in [3.63, 3.8) is 0 Å². The van der Waals surface area contributed by atoms with Gasteiger partial charge in [0.15, 0.2) is 0 Å². The molecule has 2 nitrogen and oxygen atoms in total. The summed E-state index contributed by atoms with van der Waals surface area (Å²) in [6, 6.07) is 0. The fraction of sp³-hybridized carbons (Fsp3) is 1.00. The fourth-order valence-corrected chi connectivity index (χ4v) is 0. The first-order valence-corrected chi connectivity index (χ1v) is 2.15. The average Bonchev–Trinajstić information content (AvgIpc) is 2.31. The second-order valence-electron chi connectivity index (χ2n) is 1.22. The maximum Gasteiger partial charge on any atom is 2.00 e. The van der Waals surface area contributed by atoms with E-state index >= 15 is 0 Å². The van der Waals surface area contributed by atoms with Gasteiger partial charge in [0, 0.05) is 0 Å². The molecule has 0 aromatic carbocycles. The van der Waals surface area contributed by atoms with E-state index in [1.54, 1.807) is 0 Å². The minimum atomic E-state index is 0. The number of epoxide rings is 2. The monoisotopic (exact) mass is 114 g/mol. The van der Waals surface area contributed by atoms with Crippen LogP contribution in [-0.2, 0) is 9.47 Å². The molecule has 0 aromatic heterocycles. The van der Waals surface area contributed by atoms with Crippen LogP contribution in [0.1, 0.15) is 2.85 Å². The van der Waals surface area contributed by atoms with Crippen molar-refractivity contribution in [2.75, 3.05) is 26.4 Å². The maximum absolute atomic E-state index is 4.50. The maximum atomic E-state index is 4.50. The number of rotatable bonds is 0. The second kappa shape index (κ2) is 4.84. The zero-order chi connectivity index (χ0) is 4.24. The molecule has 2 rings (SSSR count). The summed E-state index contributed by atoms with van der Waals surface area (Å²) in [5, 5.41) is 0. The molecule has 2 aliphatic heterocycles. The van der Waals surface area contributed by atoms with E-state index in [1.807, 2.05) is 0 Å². The van der Waals surface area contributed by atoms with Gasteiger partial charge in [-0.2, -0.15) is 0 Å². The van der Waals surface area contributed by atoms with Gasteiger partial charge in [0.2, 0.25) is 0 Å². The van der Waals surface area contributed by atoms with Crippen LogP contribution < -0.4 is 0 Å². The Balaban J connectivity index is -0.0000000600. The van der Waals surface area contributed by atoms with Crippen LogP contribution in [0.4, 0.5) is 0 Å². The molecule has 2 heterocycles. The van der Waals surface area contributed by atoms with Crippen molar-refractivity contribution >= 4 is 23.1 Å². The predicted octanol–water partition coefficient (Wildman–Crippen LogP) is -0.123. The second-order valence-corrected chi connectivity index (χ2v) is 1.22. The summed E-state index contributed by atoms with van der Waals surface area (Å²) in [5.41, 5.74) is 0. The van der Waals surface area contributed by atoms with Gasteiger partial charge in [-0.1, -0.05) is 0 Å². The number of hydrogen-bond acceptors (Lipinski definition) is 2. The van der Waals surface area contributed by atoms with Crippen molar-refractivity contribution in [3.8, 4) is 0 Å². The summed E-state index contributed by atoms with van der Waals surface area (Å²) >= 11 is 0. The van der Waals surface area contributed by atoms with E-state index in [0.29, 0.717) is 0 Å². The number of ether oxygens (including phenoxy) is 2. The third-order valence-electron chi connectivity index (χ3n) is 0.408. The van der Waals surface area contributed by atoms with Crippen molar-refractivity contribution in [1.82, 2.24) is 0 Å². The molecular weight excluding hydrogens is 104 g/mol. The van der Waals surface area contributed by atoms with Gasteiger partial charge in [-0.25, -0.2) is 0 Å². The molecule has 0 unspecified atom stereocenters. The van der Waals surface area contributed by atoms with E-state index in [-0.39, 0.29) is 25.9 Å². The zero-order valence-corrected chi connectivity index (χ0v) is 5.77. The Morgan fingerprint density at radius 3 is 1.00 bits per heavy atom. The molecule has 7 heavy (non-hydrogen) atoms. The molecule has 0 amide bonds. The normalized spacial score (nSPS) is 20.6. The van der Waals surface area contributed by atoms with Crippen LogP contribution in [-0.4, -0.2) is 49.5 Å². The molecule has 2 saturated heterocycles. The molecule has 0 aliphatic carbocycles. The van der Waals surface area contributed by atoms with Crippen LogP contribution >= 0.6 is 0 Å². The third-order valence-corrected chi connectivity index (χ3v) is 0.408. The summed E-state index contributed by atoms with van der Waals surface area (Å²) in [7, 11) is 0. The van der Waals surface area contributed by atoms with Crippen LogP contribution in [0.5, 0.6) is 0 Å². The predicted molar refractivity (Wildman–Crippen MR) is 29.6 cm³/mol. The van der Waals surface area contributed by atoms with E-state index < -0.39 is 0 Å². The minimum Gasteiger partial charge on any atom is -1.00 e. The Bertz CT molecular complexity index is 32.0. The van der Waals surface area contributed by atoms with Crippen molar-refractivity contribution < 1.29 is 12.3 Å². The molecule has 40 valence electrons. The quantitative estimate of drug-likeness (QED) is 0.324. The van der Waals surface area contributed by atoms with Crippen LogP contribution in [0.3, 0.4) is 0 Å². The molecule has 0 N–H and O–H groups in total. The van der Waals surface area contributed by atoms with Crippen molar-refractivity contribution in [1.29, 1.82) is 0 Å². The van der Waals surface area contributed by atoms with Crippen LogP contribution in [0.15, 0.2) is 0 Å². The summed E-state index contributed by atoms with van der Waals surface area (Å²) in [4.78, 5) is 0. The Labute approximate surface area is 62.3 Å². The molecule has 3 heteroatoms. The first kappa shape index (κ1) is 7.69. The molecule has 0 atom stereocenters. The third kappa shape index (κ3) is 20.3. The fourth-order valence-electron chi connectivity index (χ4n) is 0. The van der Waals surface area contributed by atoms with E-state index in [0.717, 1.165) is 26.4 Å². The first-order valence-electron chi connectivity index (χ1n) is 2.15. The Morgan fingerprint density at radius 2 is 1.00 bits per heavy atom. The Hall–Kier alpha value is 0.686. The van der Waals surface area contributed by atoms with Crippen LogP contribution in [0, 0.1) is 0 Å². The summed E-state index contributed by atoms with van der Waals surface area (Å²) in [6.07, 6.45) is 0. The topological polar surface area (TPSA) is 25.1 Å². The molecule has 0 aromatic rings. The van der Waals surface area contributed by atoms with E-state index in [1.165, 1.54) is 0 Å². The largest absolute Gasteiger partial charge is 2.00 e. The molecule has 0 radical (unpaired) electrons. The molecule has 0 saturated carbocycles. The van der Waals surface area contributed by atoms with E-state index in [9.17, 15) is 0 Å². The minimum absolute atomic E-state index is 0. The van der Waals surface area contributed by atoms with E-state index in [4.69, 9.17) is 0 Å². The van der Waals surface area contributed by atoms with Gasteiger partial charge in [-0.3, -0.25) is 0 Å². The SMILES string of the molecule is C1CO1.C1CO1.[H-].[H-].[Mg+2]. The molecule has 0 bridgehead atoms. The van der Waals surface area contributed by atoms with Crippen LogP contribution in [0.2, 0.25) is 0 Å². The van der Waals surface area contributed by atoms with Gasteiger partial charge in [-0.05, 0) is 0 Å². The van der Waals surface area contributed by atoms with Gasteiger partial charge in [0.1, 0.15) is 0 Å². The van der Waals surface area contributed by atoms with E-state index in [2.05, 4.69) is 9.47 Å². The standard InChI is InChI=1S/2C2H4O.Mg.2H/c2*1-2-3-1;;;/h2*1-2H2;;;/q;;+2;2*-1. The molecule has 2 aliphatic rings. The molecular formula is C4H10MgO2. The van der Waals surface area contributed by atoms with Gasteiger partial charge < -0.3 is 12.3 Å². The first-order chi connectivity index (χ1) is 3.00. The summed E-state index contributed by atoms with van der Waals surface area (Å²) in [6.45, 7) is 4.00. The molecule has 0 spiro atoms. The zero-order valence-electron chi connectivity index (χ0n) is 6.35. The van der Waals surface area contributed by atoms with Gasteiger partial charge in [-0.15, -0.1) is 0 Å². The Morgan fingerprint density at radius 1 is 0.857 bits per heavy atom. The summed E-state index contributed by atoms with van der Waals surface area (Å²) in [5.74, 6) is 0. The van der Waals surface area contributed by atoms with Gasteiger partial charge in [0.25, 0.3) is 0 Å². The Kier molecular flexibility index (Phi) is 5.31. The summed E-state index contributed by atoms with van der Waals surface area (Å²) < 4.78 is 9.00. The number of hydrogen-bond donors (Lipinski definition) is 0. The average molecular weight is 114 g/mol. The van der Waals surface area contributed by atoms with Crippen molar-refractivity contribution in [2.24, 2.45) is 0 Å².